The first-order valence-corrected chi connectivity index (χ1v) is 6.56. The van der Waals surface area contributed by atoms with Crippen molar-refractivity contribution in [3.8, 4) is 0 Å². The highest BCUT2D eigenvalue weighted by molar-refractivity contribution is 4.71. The molecule has 0 heterocycles. The Morgan fingerprint density at radius 2 is 1.93 bits per heavy atom. The Bertz CT molecular complexity index is 127. The summed E-state index contributed by atoms with van der Waals surface area (Å²) in [5, 5.41) is 3.68. The highest BCUT2D eigenvalue weighted by Gasteiger charge is 2.14. The predicted octanol–water partition coefficient (Wildman–Crippen LogP) is 3.74. The smallest absolute Gasteiger partial charge is 0.00388 e. The Kier molecular flexibility index (Phi) is 6.25. The van der Waals surface area contributed by atoms with E-state index in [1.54, 1.807) is 0 Å². The number of rotatable bonds is 7. The van der Waals surface area contributed by atoms with Gasteiger partial charge in [0.1, 0.15) is 0 Å². The van der Waals surface area contributed by atoms with Crippen molar-refractivity contribution in [2.24, 2.45) is 5.92 Å². The van der Waals surface area contributed by atoms with Crippen LogP contribution < -0.4 is 5.32 Å². The molecule has 1 unspecified atom stereocenters. The molecule has 1 atom stereocenters. The molecule has 0 saturated heterocycles. The topological polar surface area (TPSA) is 12.0 Å². The Labute approximate surface area is 89.7 Å². The maximum absolute atomic E-state index is 3.68. The summed E-state index contributed by atoms with van der Waals surface area (Å²) in [6, 6.07) is 0.738. The van der Waals surface area contributed by atoms with Gasteiger partial charge in [-0.2, -0.15) is 0 Å². The van der Waals surface area contributed by atoms with Crippen LogP contribution in [0.4, 0.5) is 0 Å². The summed E-state index contributed by atoms with van der Waals surface area (Å²) in [6.45, 7) is 5.88. The van der Waals surface area contributed by atoms with Gasteiger partial charge < -0.3 is 5.32 Å². The van der Waals surface area contributed by atoms with E-state index in [1.165, 1.54) is 57.9 Å². The van der Waals surface area contributed by atoms with Gasteiger partial charge in [-0.25, -0.2) is 0 Å². The normalized spacial score (nSPS) is 20.1. The first kappa shape index (κ1) is 12.0. The van der Waals surface area contributed by atoms with Crippen LogP contribution in [0.25, 0.3) is 0 Å². The molecule has 1 aliphatic rings. The Morgan fingerprint density at radius 3 is 2.57 bits per heavy atom. The fraction of sp³-hybridized carbons (Fsp3) is 1.00. The van der Waals surface area contributed by atoms with Gasteiger partial charge in [0.2, 0.25) is 0 Å². The molecule has 1 heteroatoms. The van der Waals surface area contributed by atoms with E-state index in [9.17, 15) is 0 Å². The molecule has 0 aromatic rings. The fourth-order valence-electron chi connectivity index (χ4n) is 2.38. The molecule has 1 N–H and O–H groups in total. The van der Waals surface area contributed by atoms with E-state index in [-0.39, 0.29) is 0 Å². The number of nitrogens with one attached hydrogen (secondary N) is 1. The largest absolute Gasteiger partial charge is 0.314 e. The summed E-state index contributed by atoms with van der Waals surface area (Å²) in [6.07, 6.45) is 11.4. The van der Waals surface area contributed by atoms with Gasteiger partial charge in [-0.3, -0.25) is 0 Å². The summed E-state index contributed by atoms with van der Waals surface area (Å²) in [7, 11) is 0. The highest BCUT2D eigenvalue weighted by Crippen LogP contribution is 2.23. The molecule has 0 spiro atoms. The third-order valence-electron chi connectivity index (χ3n) is 3.47. The molecule has 1 nitrogen and oxygen atoms in total. The van der Waals surface area contributed by atoms with Crippen molar-refractivity contribution in [2.75, 3.05) is 6.54 Å². The summed E-state index contributed by atoms with van der Waals surface area (Å²) < 4.78 is 0. The van der Waals surface area contributed by atoms with Crippen molar-refractivity contribution >= 4 is 0 Å². The lowest BCUT2D eigenvalue weighted by Crippen LogP contribution is -2.30. The number of hydrogen-bond donors (Lipinski definition) is 1. The van der Waals surface area contributed by atoms with Gasteiger partial charge in [-0.05, 0) is 38.6 Å². The van der Waals surface area contributed by atoms with Gasteiger partial charge in [-0.1, -0.05) is 39.0 Å². The summed E-state index contributed by atoms with van der Waals surface area (Å²) in [4.78, 5) is 0. The van der Waals surface area contributed by atoms with Crippen molar-refractivity contribution in [1.29, 1.82) is 0 Å². The maximum Gasteiger partial charge on any atom is 0.00388 e. The van der Waals surface area contributed by atoms with Crippen LogP contribution in [0.1, 0.15) is 65.2 Å². The monoisotopic (exact) mass is 197 g/mol. The molecule has 0 bridgehead atoms. The molecule has 1 rings (SSSR count). The zero-order valence-corrected chi connectivity index (χ0v) is 10.0. The molecule has 84 valence electrons. The van der Waals surface area contributed by atoms with Crippen molar-refractivity contribution in [2.45, 2.75) is 71.3 Å². The lowest BCUT2D eigenvalue weighted by Gasteiger charge is -2.16. The summed E-state index contributed by atoms with van der Waals surface area (Å²) in [5.41, 5.74) is 0. The highest BCUT2D eigenvalue weighted by atomic mass is 14.9. The van der Waals surface area contributed by atoms with Crippen LogP contribution in [0.5, 0.6) is 0 Å². The second-order valence-electron chi connectivity index (χ2n) is 4.96. The maximum atomic E-state index is 3.68. The minimum Gasteiger partial charge on any atom is -0.314 e. The number of hydrogen-bond acceptors (Lipinski definition) is 1. The van der Waals surface area contributed by atoms with Crippen LogP contribution in [-0.2, 0) is 0 Å². The molecule has 1 saturated carbocycles. The zero-order valence-electron chi connectivity index (χ0n) is 10.0. The lowest BCUT2D eigenvalue weighted by molar-refractivity contribution is 0.422. The van der Waals surface area contributed by atoms with Gasteiger partial charge in [0, 0.05) is 6.04 Å². The van der Waals surface area contributed by atoms with E-state index in [4.69, 9.17) is 0 Å². The quantitative estimate of drug-likeness (QED) is 0.613. The third-order valence-corrected chi connectivity index (χ3v) is 3.47. The van der Waals surface area contributed by atoms with E-state index < -0.39 is 0 Å². The molecule has 0 amide bonds. The van der Waals surface area contributed by atoms with E-state index >= 15 is 0 Å². The molecular formula is C13H27N. The van der Waals surface area contributed by atoms with Gasteiger partial charge in [-0.15, -0.1) is 0 Å². The van der Waals surface area contributed by atoms with Crippen LogP contribution in [0.15, 0.2) is 0 Å². The molecule has 1 fully saturated rings. The molecule has 1 aliphatic carbocycles. The molecule has 0 aliphatic heterocycles. The zero-order chi connectivity index (χ0) is 10.2. The average Bonchev–Trinajstić information content (AvgIpc) is 2.68. The first-order chi connectivity index (χ1) is 6.83. The SMILES string of the molecule is CCCCCC(C)NCC1CCCC1. The second kappa shape index (κ2) is 7.28. The molecule has 0 aromatic carbocycles. The molecule has 0 radical (unpaired) electrons. The van der Waals surface area contributed by atoms with E-state index in [0.717, 1.165) is 12.0 Å². The van der Waals surface area contributed by atoms with Crippen molar-refractivity contribution in [1.82, 2.24) is 5.32 Å². The van der Waals surface area contributed by atoms with Gasteiger partial charge in [0.25, 0.3) is 0 Å². The Morgan fingerprint density at radius 1 is 1.21 bits per heavy atom. The minimum absolute atomic E-state index is 0.738. The second-order valence-corrected chi connectivity index (χ2v) is 4.96. The van der Waals surface area contributed by atoms with E-state index in [0.29, 0.717) is 0 Å². The van der Waals surface area contributed by atoms with Gasteiger partial charge in [0.05, 0.1) is 0 Å². The van der Waals surface area contributed by atoms with Crippen LogP contribution in [-0.4, -0.2) is 12.6 Å². The lowest BCUT2D eigenvalue weighted by atomic mass is 10.1. The summed E-state index contributed by atoms with van der Waals surface area (Å²) in [5.74, 6) is 0.989. The van der Waals surface area contributed by atoms with Crippen LogP contribution in [0, 0.1) is 5.92 Å². The predicted molar refractivity (Wildman–Crippen MR) is 63.6 cm³/mol. The van der Waals surface area contributed by atoms with Crippen molar-refractivity contribution < 1.29 is 0 Å². The van der Waals surface area contributed by atoms with E-state index in [1.807, 2.05) is 0 Å². The van der Waals surface area contributed by atoms with Crippen LogP contribution in [0.2, 0.25) is 0 Å². The molecule has 14 heavy (non-hydrogen) atoms. The van der Waals surface area contributed by atoms with Gasteiger partial charge >= 0.3 is 0 Å². The van der Waals surface area contributed by atoms with Crippen molar-refractivity contribution in [3.63, 3.8) is 0 Å². The standard InChI is InChI=1S/C13H27N/c1-3-4-5-8-12(2)14-11-13-9-6-7-10-13/h12-14H,3-11H2,1-2H3. The third kappa shape index (κ3) is 4.99. The van der Waals surface area contributed by atoms with E-state index in [2.05, 4.69) is 19.2 Å². The minimum atomic E-state index is 0.738. The van der Waals surface area contributed by atoms with Crippen LogP contribution >= 0.6 is 0 Å². The summed E-state index contributed by atoms with van der Waals surface area (Å²) >= 11 is 0. The van der Waals surface area contributed by atoms with Crippen molar-refractivity contribution in [3.05, 3.63) is 0 Å². The molecular weight excluding hydrogens is 170 g/mol. The Hall–Kier alpha value is -0.0400. The van der Waals surface area contributed by atoms with Crippen LogP contribution in [0.3, 0.4) is 0 Å². The number of unbranched alkanes of at least 4 members (excludes halogenated alkanes) is 2. The Balaban J connectivity index is 1.93. The average molecular weight is 197 g/mol. The first-order valence-electron chi connectivity index (χ1n) is 6.56. The molecule has 0 aromatic heterocycles. The fourth-order valence-corrected chi connectivity index (χ4v) is 2.38. The van der Waals surface area contributed by atoms with Gasteiger partial charge in [0.15, 0.2) is 0 Å².